The maximum Gasteiger partial charge on any atom is 0.417 e. The number of pyridine rings is 1. The highest BCUT2D eigenvalue weighted by Gasteiger charge is 2.44. The molecule has 0 unspecified atom stereocenters. The third-order valence-corrected chi connectivity index (χ3v) is 6.41. The van der Waals surface area contributed by atoms with Crippen molar-refractivity contribution in [3.8, 4) is 6.07 Å². The number of hydrogen-bond donors (Lipinski definition) is 0. The van der Waals surface area contributed by atoms with Crippen molar-refractivity contribution < 1.29 is 18.0 Å². The van der Waals surface area contributed by atoms with Crippen LogP contribution >= 0.6 is 0 Å². The molecule has 1 spiro atoms. The van der Waals surface area contributed by atoms with Crippen LogP contribution in [-0.2, 0) is 18.1 Å². The van der Waals surface area contributed by atoms with Crippen molar-refractivity contribution in [2.24, 2.45) is 12.2 Å². The predicted molar refractivity (Wildman–Crippen MR) is 117 cm³/mol. The van der Waals surface area contributed by atoms with Gasteiger partial charge in [-0.3, -0.25) is 4.57 Å². The van der Waals surface area contributed by atoms with Crippen LogP contribution in [0.5, 0.6) is 0 Å². The number of rotatable bonds is 2. The molecule has 0 atom stereocenters. The molecule has 8 nitrogen and oxygen atoms in total. The zero-order chi connectivity index (χ0) is 24.1. The minimum atomic E-state index is -4.49. The zero-order valence-corrected chi connectivity index (χ0v) is 18.1. The van der Waals surface area contributed by atoms with Gasteiger partial charge in [0.25, 0.3) is 0 Å². The molecule has 0 N–H and O–H groups in total. The molecule has 4 heterocycles. The van der Waals surface area contributed by atoms with Crippen molar-refractivity contribution in [3.63, 3.8) is 0 Å². The van der Waals surface area contributed by atoms with Crippen molar-refractivity contribution in [1.29, 1.82) is 5.26 Å². The fourth-order valence-electron chi connectivity index (χ4n) is 4.53. The van der Waals surface area contributed by atoms with E-state index >= 15 is 0 Å². The monoisotopic (exact) mass is 468 g/mol. The van der Waals surface area contributed by atoms with E-state index in [2.05, 4.69) is 15.1 Å². The molecule has 11 heteroatoms. The van der Waals surface area contributed by atoms with Crippen LogP contribution in [0.15, 0.2) is 46.3 Å². The van der Waals surface area contributed by atoms with Crippen LogP contribution in [0.3, 0.4) is 0 Å². The van der Waals surface area contributed by atoms with Gasteiger partial charge in [-0.15, -0.1) is 0 Å². The quantitative estimate of drug-likeness (QED) is 0.572. The Bertz CT molecular complexity index is 1410. The summed E-state index contributed by atoms with van der Waals surface area (Å²) in [6, 6.07) is 10.6. The summed E-state index contributed by atoms with van der Waals surface area (Å²) in [6.45, 7) is 0.884. The lowest BCUT2D eigenvalue weighted by molar-refractivity contribution is -0.137. The lowest BCUT2D eigenvalue weighted by Gasteiger charge is -2.37. The zero-order valence-electron chi connectivity index (χ0n) is 18.1. The van der Waals surface area contributed by atoms with Crippen LogP contribution in [0, 0.1) is 11.3 Å². The highest BCUT2D eigenvalue weighted by molar-refractivity contribution is 6.03. The average molecular weight is 468 g/mol. The first-order valence-corrected chi connectivity index (χ1v) is 10.7. The molecule has 2 aliphatic heterocycles. The van der Waals surface area contributed by atoms with Gasteiger partial charge < -0.3 is 9.74 Å². The number of oxime groups is 1. The summed E-state index contributed by atoms with van der Waals surface area (Å²) in [6.07, 6.45) is -3.27. The van der Waals surface area contributed by atoms with Gasteiger partial charge in [-0.25, -0.2) is 9.78 Å². The van der Waals surface area contributed by atoms with Gasteiger partial charge in [0.15, 0.2) is 5.82 Å². The van der Waals surface area contributed by atoms with E-state index < -0.39 is 23.0 Å². The van der Waals surface area contributed by atoms with E-state index in [1.54, 1.807) is 25.2 Å². The predicted octanol–water partition coefficient (Wildman–Crippen LogP) is 3.38. The normalized spacial score (nSPS) is 17.5. The van der Waals surface area contributed by atoms with Crippen LogP contribution in [0.25, 0.3) is 11.0 Å². The standard InChI is InChI=1S/C23H19F3N6O2/c1-31-18-7-6-14(13-27)28-19(18)20(29-21(31)33)32-10-8-22(9-11-32)12-17(30-34-22)15-4-2-3-5-16(15)23(24,25)26/h2-7H,8-12H2,1H3. The Balaban J connectivity index is 1.39. The second-order valence-electron chi connectivity index (χ2n) is 8.47. The second kappa shape index (κ2) is 7.83. The number of hydrogen-bond acceptors (Lipinski definition) is 7. The van der Waals surface area contributed by atoms with Gasteiger partial charge in [-0.2, -0.15) is 23.4 Å². The summed E-state index contributed by atoms with van der Waals surface area (Å²) in [5, 5.41) is 13.3. The molecular weight excluding hydrogens is 449 g/mol. The molecule has 1 aromatic carbocycles. The number of aromatic nitrogens is 3. The van der Waals surface area contributed by atoms with E-state index in [1.807, 2.05) is 11.0 Å². The molecule has 0 aliphatic carbocycles. The van der Waals surface area contributed by atoms with E-state index in [0.717, 1.165) is 6.07 Å². The molecule has 2 aliphatic rings. The van der Waals surface area contributed by atoms with Gasteiger partial charge in [-0.1, -0.05) is 23.4 Å². The van der Waals surface area contributed by atoms with Crippen molar-refractivity contribution >= 4 is 22.6 Å². The molecule has 1 saturated heterocycles. The molecule has 34 heavy (non-hydrogen) atoms. The van der Waals surface area contributed by atoms with Crippen LogP contribution < -0.4 is 10.6 Å². The number of halogens is 3. The molecular formula is C23H19F3N6O2. The molecule has 1 fully saturated rings. The Morgan fingerprint density at radius 3 is 2.56 bits per heavy atom. The Morgan fingerprint density at radius 2 is 1.85 bits per heavy atom. The Labute approximate surface area is 191 Å². The minimum Gasteiger partial charge on any atom is -0.388 e. The SMILES string of the molecule is Cn1c(=O)nc(N2CCC3(CC2)CC(c2ccccc2C(F)(F)F)=NO3)c2nc(C#N)ccc21. The first kappa shape index (κ1) is 21.9. The topological polar surface area (TPSA) is 96.4 Å². The number of nitriles is 1. The number of anilines is 1. The fourth-order valence-corrected chi connectivity index (χ4v) is 4.53. The summed E-state index contributed by atoms with van der Waals surface area (Å²) in [5.41, 5.74) is -0.376. The summed E-state index contributed by atoms with van der Waals surface area (Å²) in [5.74, 6) is 0.381. The van der Waals surface area contributed by atoms with Gasteiger partial charge in [0.2, 0.25) is 0 Å². The molecule has 3 aromatic rings. The molecule has 0 bridgehead atoms. The average Bonchev–Trinajstić information content (AvgIpc) is 3.24. The minimum absolute atomic E-state index is 0.0294. The number of fused-ring (bicyclic) bond motifs is 1. The van der Waals surface area contributed by atoms with E-state index in [1.165, 1.54) is 16.7 Å². The maximum absolute atomic E-state index is 13.5. The van der Waals surface area contributed by atoms with E-state index in [4.69, 9.17) is 4.84 Å². The first-order valence-electron chi connectivity index (χ1n) is 10.7. The summed E-state index contributed by atoms with van der Waals surface area (Å²) >= 11 is 0. The second-order valence-corrected chi connectivity index (χ2v) is 8.47. The van der Waals surface area contributed by atoms with Gasteiger partial charge >= 0.3 is 11.9 Å². The van der Waals surface area contributed by atoms with E-state index in [9.17, 15) is 23.2 Å². The third-order valence-electron chi connectivity index (χ3n) is 6.41. The van der Waals surface area contributed by atoms with Crippen LogP contribution in [0.1, 0.15) is 36.1 Å². The number of piperidine rings is 1. The number of alkyl halides is 3. The highest BCUT2D eigenvalue weighted by Crippen LogP contribution is 2.40. The Hall–Kier alpha value is -3.94. The van der Waals surface area contributed by atoms with Crippen molar-refractivity contribution in [2.45, 2.75) is 31.0 Å². The summed E-state index contributed by atoms with van der Waals surface area (Å²) in [7, 11) is 1.59. The molecule has 174 valence electrons. The first-order chi connectivity index (χ1) is 16.2. The number of nitrogens with zero attached hydrogens (tertiary/aromatic N) is 6. The largest absolute Gasteiger partial charge is 0.417 e. The van der Waals surface area contributed by atoms with Gasteiger partial charge in [0.05, 0.1) is 16.8 Å². The molecule has 5 rings (SSSR count). The number of aryl methyl sites for hydroxylation is 1. The van der Waals surface area contributed by atoms with Crippen molar-refractivity contribution in [1.82, 2.24) is 14.5 Å². The molecule has 0 radical (unpaired) electrons. The lowest BCUT2D eigenvalue weighted by atomic mass is 9.84. The lowest BCUT2D eigenvalue weighted by Crippen LogP contribution is -2.45. The summed E-state index contributed by atoms with van der Waals surface area (Å²) in [4.78, 5) is 28.6. The smallest absolute Gasteiger partial charge is 0.388 e. The summed E-state index contributed by atoms with van der Waals surface area (Å²) < 4.78 is 41.7. The number of benzene rings is 1. The third kappa shape index (κ3) is 3.65. The highest BCUT2D eigenvalue weighted by atomic mass is 19.4. The maximum atomic E-state index is 13.5. The van der Waals surface area contributed by atoms with Crippen molar-refractivity contribution in [2.75, 3.05) is 18.0 Å². The van der Waals surface area contributed by atoms with Gasteiger partial charge in [0, 0.05) is 45.0 Å². The molecule has 2 aromatic heterocycles. The van der Waals surface area contributed by atoms with Crippen molar-refractivity contribution in [3.05, 3.63) is 63.7 Å². The van der Waals surface area contributed by atoms with E-state index in [0.29, 0.717) is 42.8 Å². The molecule has 0 amide bonds. The van der Waals surface area contributed by atoms with E-state index in [-0.39, 0.29) is 23.4 Å². The fraction of sp³-hybridized carbons (Fsp3) is 0.348. The van der Waals surface area contributed by atoms with Gasteiger partial charge in [-0.05, 0) is 18.2 Å². The van der Waals surface area contributed by atoms with Crippen LogP contribution in [0.2, 0.25) is 0 Å². The van der Waals surface area contributed by atoms with Gasteiger partial charge in [0.1, 0.15) is 22.9 Å². The van der Waals surface area contributed by atoms with Crippen LogP contribution in [0.4, 0.5) is 19.0 Å². The molecule has 0 saturated carbocycles. The Kier molecular flexibility index (Phi) is 5.04. The van der Waals surface area contributed by atoms with Crippen LogP contribution in [-0.4, -0.2) is 38.9 Å². The Morgan fingerprint density at radius 1 is 1.12 bits per heavy atom.